The molecule has 0 aliphatic rings. The van der Waals surface area contributed by atoms with Gasteiger partial charge in [0.05, 0.1) is 17.8 Å². The highest BCUT2D eigenvalue weighted by Gasteiger charge is 2.07. The van der Waals surface area contributed by atoms with Crippen molar-refractivity contribution in [3.63, 3.8) is 0 Å². The predicted molar refractivity (Wildman–Crippen MR) is 60.6 cm³/mol. The lowest BCUT2D eigenvalue weighted by atomic mass is 10.2. The third kappa shape index (κ3) is 1.97. The summed E-state index contributed by atoms with van der Waals surface area (Å²) in [7, 11) is 1.62. The van der Waals surface area contributed by atoms with Gasteiger partial charge in [-0.25, -0.2) is 4.98 Å². The van der Waals surface area contributed by atoms with E-state index in [-0.39, 0.29) is 6.01 Å². The molecule has 0 unspecified atom stereocenters. The summed E-state index contributed by atoms with van der Waals surface area (Å²) < 4.78 is 11.2. The first-order chi connectivity index (χ1) is 7.20. The standard InChI is InChI=1S/C10H9BrN2O2/c1-14-8-3-2-6(4-7(8)11)9-5-13-10(12)15-9/h2-5H,1H3,(H2,12,13). The fourth-order valence-electron chi connectivity index (χ4n) is 1.24. The van der Waals surface area contributed by atoms with Gasteiger partial charge in [-0.15, -0.1) is 0 Å². The number of nitrogens with zero attached hydrogens (tertiary/aromatic N) is 1. The number of halogens is 1. The van der Waals surface area contributed by atoms with Crippen molar-refractivity contribution in [3.8, 4) is 17.1 Å². The molecule has 0 aliphatic carbocycles. The minimum atomic E-state index is 0.164. The van der Waals surface area contributed by atoms with E-state index in [2.05, 4.69) is 20.9 Å². The largest absolute Gasteiger partial charge is 0.496 e. The van der Waals surface area contributed by atoms with Crippen LogP contribution in [0.15, 0.2) is 33.3 Å². The highest BCUT2D eigenvalue weighted by molar-refractivity contribution is 9.10. The van der Waals surface area contributed by atoms with Gasteiger partial charge < -0.3 is 14.9 Å². The lowest BCUT2D eigenvalue weighted by Gasteiger charge is -2.03. The zero-order valence-corrected chi connectivity index (χ0v) is 9.61. The van der Waals surface area contributed by atoms with E-state index in [1.165, 1.54) is 0 Å². The number of oxazole rings is 1. The molecule has 78 valence electrons. The number of anilines is 1. The van der Waals surface area contributed by atoms with Crippen LogP contribution >= 0.6 is 15.9 Å². The number of nitrogen functional groups attached to an aromatic ring is 1. The number of nitrogens with two attached hydrogens (primary N) is 1. The second-order valence-corrected chi connectivity index (χ2v) is 3.77. The Hall–Kier alpha value is -1.49. The molecule has 5 heteroatoms. The van der Waals surface area contributed by atoms with Crippen LogP contribution in [-0.2, 0) is 0 Å². The Morgan fingerprint density at radius 3 is 2.80 bits per heavy atom. The Morgan fingerprint density at radius 2 is 2.27 bits per heavy atom. The van der Waals surface area contributed by atoms with E-state index in [0.717, 1.165) is 15.8 Å². The first-order valence-corrected chi connectivity index (χ1v) is 5.05. The molecular weight excluding hydrogens is 260 g/mol. The highest BCUT2D eigenvalue weighted by Crippen LogP contribution is 2.30. The predicted octanol–water partition coefficient (Wildman–Crippen LogP) is 2.69. The van der Waals surface area contributed by atoms with Crippen LogP contribution in [0.25, 0.3) is 11.3 Å². The fourth-order valence-corrected chi connectivity index (χ4v) is 1.78. The van der Waals surface area contributed by atoms with Crippen LogP contribution in [0.4, 0.5) is 6.01 Å². The van der Waals surface area contributed by atoms with Crippen molar-refractivity contribution < 1.29 is 9.15 Å². The molecule has 0 saturated heterocycles. The van der Waals surface area contributed by atoms with Crippen LogP contribution in [0, 0.1) is 0 Å². The number of benzene rings is 1. The van der Waals surface area contributed by atoms with Crippen LogP contribution in [0.1, 0.15) is 0 Å². The van der Waals surface area contributed by atoms with Gasteiger partial charge in [0, 0.05) is 5.56 Å². The Morgan fingerprint density at radius 1 is 1.47 bits per heavy atom. The molecule has 0 spiro atoms. The van der Waals surface area contributed by atoms with Gasteiger partial charge in [0.15, 0.2) is 5.76 Å². The van der Waals surface area contributed by atoms with E-state index in [0.29, 0.717) is 5.76 Å². The Kier molecular flexibility index (Phi) is 2.64. The second kappa shape index (κ2) is 3.94. The summed E-state index contributed by atoms with van der Waals surface area (Å²) in [4.78, 5) is 3.83. The molecule has 2 N–H and O–H groups in total. The maximum Gasteiger partial charge on any atom is 0.292 e. The van der Waals surface area contributed by atoms with Crippen molar-refractivity contribution in [2.24, 2.45) is 0 Å². The van der Waals surface area contributed by atoms with Gasteiger partial charge in [0.2, 0.25) is 0 Å². The van der Waals surface area contributed by atoms with E-state index >= 15 is 0 Å². The molecule has 1 heterocycles. The molecule has 4 nitrogen and oxygen atoms in total. The zero-order chi connectivity index (χ0) is 10.8. The summed E-state index contributed by atoms with van der Waals surface area (Å²) >= 11 is 3.39. The van der Waals surface area contributed by atoms with Gasteiger partial charge in [-0.3, -0.25) is 0 Å². The molecule has 0 saturated carbocycles. The van der Waals surface area contributed by atoms with E-state index < -0.39 is 0 Å². The van der Waals surface area contributed by atoms with Gasteiger partial charge in [-0.2, -0.15) is 0 Å². The van der Waals surface area contributed by atoms with E-state index in [1.54, 1.807) is 13.3 Å². The summed E-state index contributed by atoms with van der Waals surface area (Å²) in [5.74, 6) is 1.40. The fraction of sp³-hybridized carbons (Fsp3) is 0.100. The zero-order valence-electron chi connectivity index (χ0n) is 8.03. The maximum atomic E-state index is 5.40. The highest BCUT2D eigenvalue weighted by atomic mass is 79.9. The molecule has 0 aliphatic heterocycles. The lowest BCUT2D eigenvalue weighted by molar-refractivity contribution is 0.412. The number of aromatic nitrogens is 1. The smallest absolute Gasteiger partial charge is 0.292 e. The minimum Gasteiger partial charge on any atom is -0.496 e. The number of rotatable bonds is 2. The van der Waals surface area contributed by atoms with E-state index in [9.17, 15) is 0 Å². The monoisotopic (exact) mass is 268 g/mol. The summed E-state index contributed by atoms with van der Waals surface area (Å²) in [6.07, 6.45) is 1.59. The Bertz CT molecular complexity index is 482. The molecular formula is C10H9BrN2O2. The molecule has 0 atom stereocenters. The lowest BCUT2D eigenvalue weighted by Crippen LogP contribution is -1.84. The van der Waals surface area contributed by atoms with Crippen LogP contribution in [-0.4, -0.2) is 12.1 Å². The van der Waals surface area contributed by atoms with Crippen LogP contribution < -0.4 is 10.5 Å². The number of hydrogen-bond donors (Lipinski definition) is 1. The van der Waals surface area contributed by atoms with Crippen molar-refractivity contribution in [2.75, 3.05) is 12.8 Å². The molecule has 0 fully saturated rings. The molecule has 2 aromatic rings. The van der Waals surface area contributed by atoms with E-state index in [4.69, 9.17) is 14.9 Å². The van der Waals surface area contributed by atoms with Gasteiger partial charge >= 0.3 is 0 Å². The van der Waals surface area contributed by atoms with Gasteiger partial charge in [-0.05, 0) is 34.1 Å². The quantitative estimate of drug-likeness (QED) is 0.910. The van der Waals surface area contributed by atoms with Crippen molar-refractivity contribution >= 4 is 21.9 Å². The third-order valence-corrected chi connectivity index (χ3v) is 2.58. The van der Waals surface area contributed by atoms with Gasteiger partial charge in [0.25, 0.3) is 6.01 Å². The Labute approximate surface area is 95.2 Å². The second-order valence-electron chi connectivity index (χ2n) is 2.91. The average molecular weight is 269 g/mol. The van der Waals surface area contributed by atoms with Crippen molar-refractivity contribution in [2.45, 2.75) is 0 Å². The van der Waals surface area contributed by atoms with Gasteiger partial charge in [0.1, 0.15) is 5.75 Å². The third-order valence-electron chi connectivity index (χ3n) is 1.96. The molecule has 0 radical (unpaired) electrons. The number of ether oxygens (including phenoxy) is 1. The molecule has 1 aromatic carbocycles. The Balaban J connectivity index is 2.42. The van der Waals surface area contributed by atoms with Crippen LogP contribution in [0.2, 0.25) is 0 Å². The summed E-state index contributed by atoms with van der Waals surface area (Å²) in [6, 6.07) is 5.78. The normalized spacial score (nSPS) is 10.3. The van der Waals surface area contributed by atoms with Crippen molar-refractivity contribution in [1.29, 1.82) is 0 Å². The maximum absolute atomic E-state index is 5.40. The average Bonchev–Trinajstić information content (AvgIpc) is 2.65. The van der Waals surface area contributed by atoms with Crippen molar-refractivity contribution in [1.82, 2.24) is 4.98 Å². The SMILES string of the molecule is COc1ccc(-c2cnc(N)o2)cc1Br. The number of hydrogen-bond acceptors (Lipinski definition) is 4. The first kappa shape index (κ1) is 10.0. The van der Waals surface area contributed by atoms with E-state index in [1.807, 2.05) is 18.2 Å². The van der Waals surface area contributed by atoms with Crippen molar-refractivity contribution in [3.05, 3.63) is 28.9 Å². The molecule has 2 rings (SSSR count). The summed E-state index contributed by atoms with van der Waals surface area (Å²) in [5.41, 5.74) is 6.29. The number of methoxy groups -OCH3 is 1. The first-order valence-electron chi connectivity index (χ1n) is 4.26. The van der Waals surface area contributed by atoms with Crippen LogP contribution in [0.5, 0.6) is 5.75 Å². The molecule has 15 heavy (non-hydrogen) atoms. The minimum absolute atomic E-state index is 0.164. The molecule has 1 aromatic heterocycles. The molecule has 0 bridgehead atoms. The topological polar surface area (TPSA) is 61.3 Å². The van der Waals surface area contributed by atoms with Crippen LogP contribution in [0.3, 0.4) is 0 Å². The molecule has 0 amide bonds. The summed E-state index contributed by atoms with van der Waals surface area (Å²) in [5, 5.41) is 0. The summed E-state index contributed by atoms with van der Waals surface area (Å²) in [6.45, 7) is 0. The van der Waals surface area contributed by atoms with Gasteiger partial charge in [-0.1, -0.05) is 0 Å².